The average Bonchev–Trinajstić information content (AvgIpc) is 2.91. The molecule has 3 fully saturated rings. The molecule has 0 aromatic heterocycles. The van der Waals surface area contributed by atoms with Gasteiger partial charge in [-0.15, -0.1) is 0 Å². The Morgan fingerprint density at radius 1 is 1.10 bits per heavy atom. The van der Waals surface area contributed by atoms with Gasteiger partial charge in [0.05, 0.1) is 6.26 Å². The van der Waals surface area contributed by atoms with E-state index in [1.165, 1.54) is 36.2 Å². The second-order valence-corrected chi connectivity index (χ2v) is 9.02. The van der Waals surface area contributed by atoms with Gasteiger partial charge < -0.3 is 4.90 Å². The fourth-order valence-electron chi connectivity index (χ4n) is 4.45. The highest BCUT2D eigenvalue weighted by molar-refractivity contribution is 7.88. The van der Waals surface area contributed by atoms with Crippen LogP contribution < -0.4 is 0 Å². The number of hydrogen-bond acceptors (Lipinski definition) is 3. The minimum atomic E-state index is -3.13. The summed E-state index contributed by atoms with van der Waals surface area (Å²) in [5.41, 5.74) is 0. The van der Waals surface area contributed by atoms with Crippen molar-refractivity contribution in [2.45, 2.75) is 38.5 Å². The molecule has 1 heterocycles. The molecule has 0 unspecified atom stereocenters. The molecule has 120 valence electrons. The Labute approximate surface area is 127 Å². The second kappa shape index (κ2) is 5.88. The Kier molecular flexibility index (Phi) is 4.28. The fraction of sp³-hybridized carbons (Fsp3) is 0.933. The van der Waals surface area contributed by atoms with Crippen molar-refractivity contribution >= 4 is 15.9 Å². The van der Waals surface area contributed by atoms with Crippen molar-refractivity contribution < 1.29 is 13.2 Å². The van der Waals surface area contributed by atoms with Crippen molar-refractivity contribution in [3.05, 3.63) is 0 Å². The minimum absolute atomic E-state index is 0.239. The number of fused-ring (bicyclic) bond motifs is 2. The Morgan fingerprint density at radius 2 is 1.90 bits per heavy atom. The van der Waals surface area contributed by atoms with E-state index in [0.29, 0.717) is 38.5 Å². The zero-order chi connectivity index (χ0) is 15.0. The fourth-order valence-corrected chi connectivity index (χ4v) is 5.33. The number of rotatable bonds is 3. The van der Waals surface area contributed by atoms with E-state index in [-0.39, 0.29) is 5.91 Å². The van der Waals surface area contributed by atoms with E-state index in [2.05, 4.69) is 0 Å². The largest absolute Gasteiger partial charge is 0.341 e. The third-order valence-electron chi connectivity index (χ3n) is 5.60. The maximum atomic E-state index is 12.5. The van der Waals surface area contributed by atoms with Crippen LogP contribution in [0.1, 0.15) is 38.5 Å². The molecule has 6 heteroatoms. The molecule has 3 rings (SSSR count). The summed E-state index contributed by atoms with van der Waals surface area (Å²) in [6.45, 7) is 2.23. The highest BCUT2D eigenvalue weighted by atomic mass is 32.2. The van der Waals surface area contributed by atoms with E-state index in [1.807, 2.05) is 4.90 Å². The number of hydrogen-bond donors (Lipinski definition) is 0. The van der Waals surface area contributed by atoms with Crippen LogP contribution in [0.25, 0.3) is 0 Å². The zero-order valence-electron chi connectivity index (χ0n) is 12.8. The first-order valence-corrected chi connectivity index (χ1v) is 10.0. The standard InChI is InChI=1S/C15H26N2O3S/c1-21(19,20)17-6-2-5-16(7-8-17)15(18)11-14-10-12-3-4-13(14)9-12/h12-14H,2-11H2,1H3/t12-,13-,14+/m0/s1. The third-order valence-corrected chi connectivity index (χ3v) is 6.90. The normalized spacial score (nSPS) is 34.1. The number of nitrogens with zero attached hydrogens (tertiary/aromatic N) is 2. The van der Waals surface area contributed by atoms with Gasteiger partial charge in [-0.1, -0.05) is 6.42 Å². The van der Waals surface area contributed by atoms with Gasteiger partial charge in [0.25, 0.3) is 0 Å². The van der Waals surface area contributed by atoms with Crippen molar-refractivity contribution in [3.8, 4) is 0 Å². The first kappa shape index (κ1) is 15.3. The van der Waals surface area contributed by atoms with Crippen LogP contribution in [0.2, 0.25) is 0 Å². The van der Waals surface area contributed by atoms with Gasteiger partial charge in [-0.25, -0.2) is 12.7 Å². The van der Waals surface area contributed by atoms with Crippen LogP contribution in [-0.2, 0) is 14.8 Å². The first-order chi connectivity index (χ1) is 9.93. The highest BCUT2D eigenvalue weighted by Crippen LogP contribution is 2.49. The van der Waals surface area contributed by atoms with Gasteiger partial charge >= 0.3 is 0 Å². The quantitative estimate of drug-likeness (QED) is 0.789. The zero-order valence-corrected chi connectivity index (χ0v) is 13.6. The molecule has 1 saturated heterocycles. The summed E-state index contributed by atoms with van der Waals surface area (Å²) in [7, 11) is -3.13. The van der Waals surface area contributed by atoms with E-state index in [1.54, 1.807) is 0 Å². The van der Waals surface area contributed by atoms with Gasteiger partial charge in [0.15, 0.2) is 0 Å². The molecule has 0 aromatic carbocycles. The van der Waals surface area contributed by atoms with E-state index >= 15 is 0 Å². The molecule has 1 amide bonds. The van der Waals surface area contributed by atoms with E-state index < -0.39 is 10.0 Å². The van der Waals surface area contributed by atoms with E-state index in [0.717, 1.165) is 18.3 Å². The van der Waals surface area contributed by atoms with Gasteiger partial charge in [-0.2, -0.15) is 0 Å². The first-order valence-electron chi connectivity index (χ1n) is 8.16. The molecule has 0 N–H and O–H groups in total. The molecule has 2 aliphatic carbocycles. The van der Waals surface area contributed by atoms with Crippen LogP contribution in [0, 0.1) is 17.8 Å². The monoisotopic (exact) mass is 314 g/mol. The van der Waals surface area contributed by atoms with Gasteiger partial charge in [0.2, 0.25) is 15.9 Å². The molecule has 0 spiro atoms. The Morgan fingerprint density at radius 3 is 2.52 bits per heavy atom. The maximum absolute atomic E-state index is 12.5. The van der Waals surface area contributed by atoms with Gasteiger partial charge in [0.1, 0.15) is 0 Å². The van der Waals surface area contributed by atoms with Crippen molar-refractivity contribution in [2.75, 3.05) is 32.4 Å². The average molecular weight is 314 g/mol. The molecule has 2 saturated carbocycles. The molecule has 3 aliphatic rings. The summed E-state index contributed by atoms with van der Waals surface area (Å²) < 4.78 is 24.7. The predicted molar refractivity (Wildman–Crippen MR) is 81.2 cm³/mol. The third kappa shape index (κ3) is 3.42. The summed E-state index contributed by atoms with van der Waals surface area (Å²) in [6.07, 6.45) is 7.92. The summed E-state index contributed by atoms with van der Waals surface area (Å²) >= 11 is 0. The molecule has 0 radical (unpaired) electrons. The van der Waals surface area contributed by atoms with Crippen LogP contribution in [0.4, 0.5) is 0 Å². The molecule has 2 bridgehead atoms. The molecule has 5 nitrogen and oxygen atoms in total. The lowest BCUT2D eigenvalue weighted by atomic mass is 9.86. The van der Waals surface area contributed by atoms with Crippen LogP contribution >= 0.6 is 0 Å². The van der Waals surface area contributed by atoms with Crippen LogP contribution in [0.5, 0.6) is 0 Å². The molecular weight excluding hydrogens is 288 g/mol. The smallest absolute Gasteiger partial charge is 0.222 e. The number of amides is 1. The lowest BCUT2D eigenvalue weighted by Crippen LogP contribution is -2.37. The number of carbonyl (C=O) groups is 1. The minimum Gasteiger partial charge on any atom is -0.341 e. The molecule has 3 atom stereocenters. The Hall–Kier alpha value is -0.620. The molecule has 0 aromatic rings. The predicted octanol–water partition coefficient (Wildman–Crippen LogP) is 1.31. The summed E-state index contributed by atoms with van der Waals surface area (Å²) in [5.74, 6) is 2.48. The van der Waals surface area contributed by atoms with Crippen LogP contribution in [0.15, 0.2) is 0 Å². The van der Waals surface area contributed by atoms with Gasteiger partial charge in [-0.05, 0) is 43.4 Å². The molecule has 21 heavy (non-hydrogen) atoms. The summed E-state index contributed by atoms with van der Waals surface area (Å²) in [5, 5.41) is 0. The van der Waals surface area contributed by atoms with Gasteiger partial charge in [-0.3, -0.25) is 4.79 Å². The van der Waals surface area contributed by atoms with Crippen molar-refractivity contribution in [3.63, 3.8) is 0 Å². The highest BCUT2D eigenvalue weighted by Gasteiger charge is 2.40. The SMILES string of the molecule is CS(=O)(=O)N1CCCN(C(=O)C[C@H]2C[C@H]3CC[C@H]2C3)CC1. The topological polar surface area (TPSA) is 57.7 Å². The second-order valence-electron chi connectivity index (χ2n) is 7.04. The summed E-state index contributed by atoms with van der Waals surface area (Å²) in [4.78, 5) is 14.4. The lowest BCUT2D eigenvalue weighted by molar-refractivity contribution is -0.132. The van der Waals surface area contributed by atoms with E-state index in [9.17, 15) is 13.2 Å². The number of sulfonamides is 1. The lowest BCUT2D eigenvalue weighted by Gasteiger charge is -2.26. The van der Waals surface area contributed by atoms with Gasteiger partial charge in [0, 0.05) is 32.6 Å². The van der Waals surface area contributed by atoms with E-state index in [4.69, 9.17) is 0 Å². The van der Waals surface area contributed by atoms with Crippen molar-refractivity contribution in [1.29, 1.82) is 0 Å². The van der Waals surface area contributed by atoms with Crippen LogP contribution in [-0.4, -0.2) is 56.0 Å². The Bertz CT molecular complexity index is 505. The molecule has 1 aliphatic heterocycles. The number of carbonyl (C=O) groups excluding carboxylic acids is 1. The summed E-state index contributed by atoms with van der Waals surface area (Å²) in [6, 6.07) is 0. The van der Waals surface area contributed by atoms with Crippen molar-refractivity contribution in [1.82, 2.24) is 9.21 Å². The van der Waals surface area contributed by atoms with Crippen LogP contribution in [0.3, 0.4) is 0 Å². The maximum Gasteiger partial charge on any atom is 0.222 e. The van der Waals surface area contributed by atoms with Crippen molar-refractivity contribution in [2.24, 2.45) is 17.8 Å². The molecular formula is C15H26N2O3S. The Balaban J connectivity index is 1.53.